The molecule has 1 fully saturated rings. The summed E-state index contributed by atoms with van der Waals surface area (Å²) < 4.78 is 0. The number of halogens is 1. The third-order valence-electron chi connectivity index (χ3n) is 3.19. The number of hydrogen-bond acceptors (Lipinski definition) is 1. The van der Waals surface area contributed by atoms with Gasteiger partial charge in [-0.2, -0.15) is 0 Å². The van der Waals surface area contributed by atoms with Crippen molar-refractivity contribution in [2.75, 3.05) is 6.54 Å². The van der Waals surface area contributed by atoms with Gasteiger partial charge in [0, 0.05) is 24.0 Å². The molecule has 0 heterocycles. The van der Waals surface area contributed by atoms with Crippen molar-refractivity contribution in [3.8, 4) is 12.3 Å². The highest BCUT2D eigenvalue weighted by molar-refractivity contribution is 6.31. The van der Waals surface area contributed by atoms with E-state index in [1.54, 1.807) is 0 Å². The standard InChI is InChI=1S/C14H16ClN/c1-2-3-8-16-12-9-11(10-12)13-6-4-5-7-14(13)15/h1,4-7,11-12,16H,3,8-10H2. The zero-order chi connectivity index (χ0) is 11.4. The number of terminal acetylenes is 1. The third kappa shape index (κ3) is 2.58. The van der Waals surface area contributed by atoms with Crippen LogP contribution in [0.3, 0.4) is 0 Å². The number of rotatable bonds is 4. The first kappa shape index (κ1) is 11.5. The predicted molar refractivity (Wildman–Crippen MR) is 68.7 cm³/mol. The summed E-state index contributed by atoms with van der Waals surface area (Å²) in [6, 6.07) is 8.75. The van der Waals surface area contributed by atoms with Crippen molar-refractivity contribution in [2.24, 2.45) is 0 Å². The van der Waals surface area contributed by atoms with Gasteiger partial charge in [-0.15, -0.1) is 12.3 Å². The highest BCUT2D eigenvalue weighted by Crippen LogP contribution is 2.39. The minimum Gasteiger partial charge on any atom is -0.313 e. The van der Waals surface area contributed by atoms with Gasteiger partial charge in [0.05, 0.1) is 0 Å². The van der Waals surface area contributed by atoms with E-state index >= 15 is 0 Å². The zero-order valence-electron chi connectivity index (χ0n) is 9.25. The zero-order valence-corrected chi connectivity index (χ0v) is 10.0. The molecular formula is C14H16ClN. The topological polar surface area (TPSA) is 12.0 Å². The molecule has 0 aliphatic heterocycles. The van der Waals surface area contributed by atoms with Crippen LogP contribution in [0.5, 0.6) is 0 Å². The molecule has 0 unspecified atom stereocenters. The van der Waals surface area contributed by atoms with Gasteiger partial charge in [-0.05, 0) is 30.4 Å². The monoisotopic (exact) mass is 233 g/mol. The number of hydrogen-bond donors (Lipinski definition) is 1. The lowest BCUT2D eigenvalue weighted by Gasteiger charge is -2.36. The second-order valence-corrected chi connectivity index (χ2v) is 4.70. The van der Waals surface area contributed by atoms with Crippen LogP contribution < -0.4 is 5.32 Å². The predicted octanol–water partition coefficient (Wildman–Crippen LogP) is 3.20. The smallest absolute Gasteiger partial charge is 0.0440 e. The van der Waals surface area contributed by atoms with E-state index < -0.39 is 0 Å². The van der Waals surface area contributed by atoms with Crippen molar-refractivity contribution in [1.29, 1.82) is 0 Å². The van der Waals surface area contributed by atoms with Gasteiger partial charge in [-0.1, -0.05) is 29.8 Å². The second kappa shape index (κ2) is 5.39. The summed E-state index contributed by atoms with van der Waals surface area (Å²) in [7, 11) is 0. The Balaban J connectivity index is 1.80. The Hall–Kier alpha value is -0.970. The molecule has 0 radical (unpaired) electrons. The minimum absolute atomic E-state index is 0.620. The first-order chi connectivity index (χ1) is 7.81. The summed E-state index contributed by atoms with van der Waals surface area (Å²) in [5.74, 6) is 3.26. The van der Waals surface area contributed by atoms with Gasteiger partial charge >= 0.3 is 0 Å². The third-order valence-corrected chi connectivity index (χ3v) is 3.53. The highest BCUT2D eigenvalue weighted by Gasteiger charge is 2.30. The normalized spacial score (nSPS) is 23.5. The Morgan fingerprint density at radius 3 is 2.81 bits per heavy atom. The van der Waals surface area contributed by atoms with Crippen LogP contribution in [-0.4, -0.2) is 12.6 Å². The summed E-state index contributed by atoms with van der Waals surface area (Å²) in [6.07, 6.45) is 8.37. The van der Waals surface area contributed by atoms with E-state index in [0.29, 0.717) is 12.0 Å². The number of benzene rings is 1. The largest absolute Gasteiger partial charge is 0.313 e. The molecule has 0 aromatic heterocycles. The summed E-state index contributed by atoms with van der Waals surface area (Å²) >= 11 is 6.16. The molecule has 2 rings (SSSR count). The van der Waals surface area contributed by atoms with Crippen molar-refractivity contribution in [3.05, 3.63) is 34.9 Å². The van der Waals surface area contributed by atoms with E-state index in [2.05, 4.69) is 23.4 Å². The maximum atomic E-state index is 6.16. The minimum atomic E-state index is 0.620. The molecule has 0 amide bonds. The Morgan fingerprint density at radius 1 is 1.38 bits per heavy atom. The Labute approximate surface area is 102 Å². The lowest BCUT2D eigenvalue weighted by atomic mass is 9.76. The number of nitrogens with one attached hydrogen (secondary N) is 1. The second-order valence-electron chi connectivity index (χ2n) is 4.30. The summed E-state index contributed by atoms with van der Waals surface area (Å²) in [4.78, 5) is 0. The van der Waals surface area contributed by atoms with Crippen LogP contribution in [0.25, 0.3) is 0 Å². The lowest BCUT2D eigenvalue weighted by molar-refractivity contribution is 0.294. The molecule has 1 N–H and O–H groups in total. The molecule has 1 nitrogen and oxygen atoms in total. The molecule has 0 saturated heterocycles. The Morgan fingerprint density at radius 2 is 2.12 bits per heavy atom. The quantitative estimate of drug-likeness (QED) is 0.622. The van der Waals surface area contributed by atoms with Crippen LogP contribution in [0.2, 0.25) is 5.02 Å². The fourth-order valence-corrected chi connectivity index (χ4v) is 2.48. The Bertz CT molecular complexity index is 388. The van der Waals surface area contributed by atoms with E-state index in [1.807, 2.05) is 12.1 Å². The average molecular weight is 234 g/mol. The van der Waals surface area contributed by atoms with Crippen LogP contribution in [-0.2, 0) is 0 Å². The highest BCUT2D eigenvalue weighted by atomic mass is 35.5. The molecule has 1 aromatic carbocycles. The first-order valence-corrected chi connectivity index (χ1v) is 6.10. The summed E-state index contributed by atoms with van der Waals surface area (Å²) in [5.41, 5.74) is 1.29. The molecule has 2 heteroatoms. The molecule has 1 aromatic rings. The van der Waals surface area contributed by atoms with Gasteiger partial charge in [0.25, 0.3) is 0 Å². The van der Waals surface area contributed by atoms with E-state index in [1.165, 1.54) is 18.4 Å². The molecule has 1 aliphatic carbocycles. The molecule has 16 heavy (non-hydrogen) atoms. The SMILES string of the molecule is C#CCCNC1CC(c2ccccc2Cl)C1. The van der Waals surface area contributed by atoms with Crippen molar-refractivity contribution < 1.29 is 0 Å². The van der Waals surface area contributed by atoms with Crippen LogP contribution in [0.4, 0.5) is 0 Å². The van der Waals surface area contributed by atoms with Crippen LogP contribution in [0.15, 0.2) is 24.3 Å². The van der Waals surface area contributed by atoms with E-state index in [9.17, 15) is 0 Å². The van der Waals surface area contributed by atoms with E-state index in [-0.39, 0.29) is 0 Å². The van der Waals surface area contributed by atoms with Crippen molar-refractivity contribution in [1.82, 2.24) is 5.32 Å². The van der Waals surface area contributed by atoms with Crippen LogP contribution in [0, 0.1) is 12.3 Å². The molecule has 0 atom stereocenters. The average Bonchev–Trinajstić information content (AvgIpc) is 2.23. The van der Waals surface area contributed by atoms with Crippen LogP contribution in [0.1, 0.15) is 30.7 Å². The van der Waals surface area contributed by atoms with Gasteiger partial charge in [-0.25, -0.2) is 0 Å². The molecule has 0 spiro atoms. The van der Waals surface area contributed by atoms with Crippen molar-refractivity contribution >= 4 is 11.6 Å². The maximum absolute atomic E-state index is 6.16. The van der Waals surface area contributed by atoms with Crippen molar-refractivity contribution in [3.63, 3.8) is 0 Å². The van der Waals surface area contributed by atoms with Gasteiger partial charge in [0.1, 0.15) is 0 Å². The van der Waals surface area contributed by atoms with Gasteiger partial charge in [-0.3, -0.25) is 0 Å². The maximum Gasteiger partial charge on any atom is 0.0440 e. The van der Waals surface area contributed by atoms with Gasteiger partial charge in [0.15, 0.2) is 0 Å². The fourth-order valence-electron chi connectivity index (χ4n) is 2.19. The van der Waals surface area contributed by atoms with E-state index in [4.69, 9.17) is 18.0 Å². The van der Waals surface area contributed by atoms with Gasteiger partial charge < -0.3 is 5.32 Å². The molecule has 1 saturated carbocycles. The lowest BCUT2D eigenvalue weighted by Crippen LogP contribution is -2.40. The Kier molecular flexibility index (Phi) is 3.88. The molecule has 84 valence electrons. The molecule has 0 bridgehead atoms. The van der Waals surface area contributed by atoms with Crippen LogP contribution >= 0.6 is 11.6 Å². The molecule has 1 aliphatic rings. The van der Waals surface area contributed by atoms with E-state index in [0.717, 1.165) is 18.0 Å². The fraction of sp³-hybridized carbons (Fsp3) is 0.429. The molecular weight excluding hydrogens is 218 g/mol. The first-order valence-electron chi connectivity index (χ1n) is 5.72. The summed E-state index contributed by atoms with van der Waals surface area (Å²) in [5, 5.41) is 4.35. The van der Waals surface area contributed by atoms with Gasteiger partial charge in [0.2, 0.25) is 0 Å². The van der Waals surface area contributed by atoms with Crippen molar-refractivity contribution in [2.45, 2.75) is 31.2 Å². The summed E-state index contributed by atoms with van der Waals surface area (Å²) in [6.45, 7) is 0.927.